The maximum absolute atomic E-state index is 12.8. The number of Topliss-reactive ketones (excluding diaryl/α,β-unsaturated/α-hetero) is 2. The topological polar surface area (TPSA) is 34.1 Å². The molecule has 0 fully saturated rings. The number of rotatable bonds is 6. The van der Waals surface area contributed by atoms with Crippen molar-refractivity contribution in [2.45, 2.75) is 26.2 Å². The molecule has 0 spiro atoms. The van der Waals surface area contributed by atoms with Gasteiger partial charge in [-0.2, -0.15) is 0 Å². The van der Waals surface area contributed by atoms with Crippen molar-refractivity contribution in [2.75, 3.05) is 0 Å². The van der Waals surface area contributed by atoms with Gasteiger partial charge in [-0.3, -0.25) is 9.59 Å². The van der Waals surface area contributed by atoms with Gasteiger partial charge in [0.1, 0.15) is 5.82 Å². The molecule has 0 atom stereocenters. The zero-order chi connectivity index (χ0) is 15.2. The zero-order valence-electron chi connectivity index (χ0n) is 11.9. The fourth-order valence-electron chi connectivity index (χ4n) is 2.10. The highest BCUT2D eigenvalue weighted by atomic mass is 19.1. The van der Waals surface area contributed by atoms with E-state index in [9.17, 15) is 14.0 Å². The lowest BCUT2D eigenvalue weighted by Gasteiger charge is -2.03. The maximum Gasteiger partial charge on any atom is 0.163 e. The van der Waals surface area contributed by atoms with Gasteiger partial charge in [-0.1, -0.05) is 31.2 Å². The minimum Gasteiger partial charge on any atom is -0.294 e. The van der Waals surface area contributed by atoms with Gasteiger partial charge in [-0.05, 0) is 36.2 Å². The smallest absolute Gasteiger partial charge is 0.163 e. The molecule has 0 aliphatic heterocycles. The van der Waals surface area contributed by atoms with E-state index in [2.05, 4.69) is 0 Å². The van der Waals surface area contributed by atoms with Crippen LogP contribution >= 0.6 is 0 Å². The van der Waals surface area contributed by atoms with Crippen molar-refractivity contribution in [3.8, 4) is 0 Å². The highest BCUT2D eigenvalue weighted by Crippen LogP contribution is 2.12. The van der Waals surface area contributed by atoms with Gasteiger partial charge >= 0.3 is 0 Å². The van der Waals surface area contributed by atoms with Crippen LogP contribution < -0.4 is 0 Å². The van der Waals surface area contributed by atoms with Gasteiger partial charge < -0.3 is 0 Å². The average Bonchev–Trinajstić information content (AvgIpc) is 2.53. The Morgan fingerprint density at radius 3 is 1.95 bits per heavy atom. The van der Waals surface area contributed by atoms with Crippen molar-refractivity contribution in [3.63, 3.8) is 0 Å². The van der Waals surface area contributed by atoms with Gasteiger partial charge in [-0.25, -0.2) is 4.39 Å². The quantitative estimate of drug-likeness (QED) is 0.744. The molecule has 0 radical (unpaired) electrons. The van der Waals surface area contributed by atoms with Crippen molar-refractivity contribution in [1.82, 2.24) is 0 Å². The standard InChI is InChI=1S/C18H17FO2/c1-2-17(20)14-6-3-13(4-7-14)5-12-18(21)15-8-10-16(19)11-9-15/h3-4,6-11H,2,5,12H2,1H3. The van der Waals surface area contributed by atoms with Crippen LogP contribution in [0.2, 0.25) is 0 Å². The molecule has 0 amide bonds. The first-order chi connectivity index (χ1) is 10.1. The Hall–Kier alpha value is -2.29. The molecule has 0 saturated carbocycles. The van der Waals surface area contributed by atoms with Crippen LogP contribution in [0.4, 0.5) is 4.39 Å². The largest absolute Gasteiger partial charge is 0.294 e. The van der Waals surface area contributed by atoms with Crippen LogP contribution in [0.1, 0.15) is 46.0 Å². The van der Waals surface area contributed by atoms with Crippen LogP contribution in [-0.2, 0) is 6.42 Å². The first-order valence-electron chi connectivity index (χ1n) is 7.01. The second kappa shape index (κ2) is 6.93. The van der Waals surface area contributed by atoms with Crippen LogP contribution in [-0.4, -0.2) is 11.6 Å². The molecule has 0 saturated heterocycles. The summed E-state index contributed by atoms with van der Waals surface area (Å²) in [7, 11) is 0. The summed E-state index contributed by atoms with van der Waals surface area (Å²) in [6.45, 7) is 1.83. The first-order valence-corrected chi connectivity index (χ1v) is 7.01. The molecule has 0 N–H and O–H groups in total. The molecule has 21 heavy (non-hydrogen) atoms. The van der Waals surface area contributed by atoms with Crippen LogP contribution in [0.3, 0.4) is 0 Å². The Morgan fingerprint density at radius 2 is 1.38 bits per heavy atom. The third kappa shape index (κ3) is 4.09. The van der Waals surface area contributed by atoms with Crippen molar-refractivity contribution < 1.29 is 14.0 Å². The normalized spacial score (nSPS) is 10.4. The van der Waals surface area contributed by atoms with Gasteiger partial charge in [-0.15, -0.1) is 0 Å². The predicted molar refractivity (Wildman–Crippen MR) is 80.1 cm³/mol. The number of carbonyl (C=O) groups is 2. The molecule has 108 valence electrons. The third-order valence-corrected chi connectivity index (χ3v) is 3.40. The summed E-state index contributed by atoms with van der Waals surface area (Å²) >= 11 is 0. The van der Waals surface area contributed by atoms with Crippen LogP contribution in [0.5, 0.6) is 0 Å². The molecule has 2 aromatic carbocycles. The second-order valence-corrected chi connectivity index (χ2v) is 4.90. The van der Waals surface area contributed by atoms with Crippen molar-refractivity contribution in [2.24, 2.45) is 0 Å². The average molecular weight is 284 g/mol. The van der Waals surface area contributed by atoms with Gasteiger partial charge in [0, 0.05) is 24.0 Å². The van der Waals surface area contributed by atoms with E-state index >= 15 is 0 Å². The van der Waals surface area contributed by atoms with Gasteiger partial charge in [0.15, 0.2) is 11.6 Å². The highest BCUT2D eigenvalue weighted by molar-refractivity contribution is 5.96. The molecule has 3 heteroatoms. The van der Waals surface area contributed by atoms with E-state index in [4.69, 9.17) is 0 Å². The molecule has 0 unspecified atom stereocenters. The molecule has 0 aliphatic carbocycles. The molecule has 2 nitrogen and oxygen atoms in total. The van der Waals surface area contributed by atoms with E-state index in [0.717, 1.165) is 5.56 Å². The molecule has 2 aromatic rings. The summed E-state index contributed by atoms with van der Waals surface area (Å²) < 4.78 is 12.8. The minimum absolute atomic E-state index is 0.0105. The van der Waals surface area contributed by atoms with Crippen LogP contribution in [0.25, 0.3) is 0 Å². The van der Waals surface area contributed by atoms with E-state index in [0.29, 0.717) is 30.4 Å². The van der Waals surface area contributed by atoms with Gasteiger partial charge in [0.2, 0.25) is 0 Å². The molecule has 0 heterocycles. The summed E-state index contributed by atoms with van der Waals surface area (Å²) in [5.41, 5.74) is 2.23. The molecule has 2 rings (SSSR count). The Balaban J connectivity index is 1.95. The molecular weight excluding hydrogens is 267 g/mol. The van der Waals surface area contributed by atoms with E-state index in [1.54, 1.807) is 12.1 Å². The predicted octanol–water partition coefficient (Wildman–Crippen LogP) is 4.23. The van der Waals surface area contributed by atoms with Crippen LogP contribution in [0, 0.1) is 5.82 Å². The summed E-state index contributed by atoms with van der Waals surface area (Å²) in [6, 6.07) is 12.9. The Bertz CT molecular complexity index is 627. The number of carbonyl (C=O) groups excluding carboxylic acids is 2. The van der Waals surface area contributed by atoms with Crippen molar-refractivity contribution in [3.05, 3.63) is 71.0 Å². The number of ketones is 2. The van der Waals surface area contributed by atoms with E-state index in [-0.39, 0.29) is 17.4 Å². The van der Waals surface area contributed by atoms with E-state index < -0.39 is 0 Å². The summed E-state index contributed by atoms with van der Waals surface area (Å²) in [6.07, 6.45) is 1.46. The number of hydrogen-bond acceptors (Lipinski definition) is 2. The van der Waals surface area contributed by atoms with E-state index in [1.165, 1.54) is 24.3 Å². The number of hydrogen-bond donors (Lipinski definition) is 0. The summed E-state index contributed by atoms with van der Waals surface area (Å²) in [4.78, 5) is 23.5. The molecular formula is C18H17FO2. The van der Waals surface area contributed by atoms with Crippen molar-refractivity contribution >= 4 is 11.6 Å². The fraction of sp³-hybridized carbons (Fsp3) is 0.222. The second-order valence-electron chi connectivity index (χ2n) is 4.90. The Kier molecular flexibility index (Phi) is 4.99. The van der Waals surface area contributed by atoms with Gasteiger partial charge in [0.25, 0.3) is 0 Å². The summed E-state index contributed by atoms with van der Waals surface area (Å²) in [5.74, 6) is -0.240. The summed E-state index contributed by atoms with van der Waals surface area (Å²) in [5, 5.41) is 0. The number of halogens is 1. The lowest BCUT2D eigenvalue weighted by atomic mass is 10.0. The minimum atomic E-state index is -0.345. The lowest BCUT2D eigenvalue weighted by Crippen LogP contribution is -2.02. The third-order valence-electron chi connectivity index (χ3n) is 3.40. The number of aryl methyl sites for hydroxylation is 1. The maximum atomic E-state index is 12.8. The van der Waals surface area contributed by atoms with Crippen molar-refractivity contribution in [1.29, 1.82) is 0 Å². The van der Waals surface area contributed by atoms with Gasteiger partial charge in [0.05, 0.1) is 0 Å². The first kappa shape index (κ1) is 15.1. The molecule has 0 aliphatic rings. The lowest BCUT2D eigenvalue weighted by molar-refractivity contribution is 0.0976. The number of benzene rings is 2. The molecule has 0 bridgehead atoms. The highest BCUT2D eigenvalue weighted by Gasteiger charge is 2.07. The van der Waals surface area contributed by atoms with Crippen LogP contribution in [0.15, 0.2) is 48.5 Å². The zero-order valence-corrected chi connectivity index (χ0v) is 11.9. The Morgan fingerprint density at radius 1 is 0.857 bits per heavy atom. The Labute approximate surface area is 123 Å². The monoisotopic (exact) mass is 284 g/mol. The van der Waals surface area contributed by atoms with E-state index in [1.807, 2.05) is 19.1 Å². The fourth-order valence-corrected chi connectivity index (χ4v) is 2.10. The SMILES string of the molecule is CCC(=O)c1ccc(CCC(=O)c2ccc(F)cc2)cc1. The molecule has 0 aromatic heterocycles.